The topological polar surface area (TPSA) is 37.3 Å². The predicted octanol–water partition coefficient (Wildman–Crippen LogP) is 1.13. The van der Waals surface area contributed by atoms with Crippen LogP contribution in [0.15, 0.2) is 0 Å². The van der Waals surface area contributed by atoms with E-state index in [0.29, 0.717) is 12.3 Å². The Morgan fingerprint density at radius 3 is 2.82 bits per heavy atom. The fourth-order valence-corrected chi connectivity index (χ4v) is 2.66. The molecule has 0 amide bonds. The molecule has 2 fully saturated rings. The van der Waals surface area contributed by atoms with E-state index in [1.807, 2.05) is 6.92 Å². The van der Waals surface area contributed by atoms with E-state index < -0.39 is 0 Å². The Morgan fingerprint density at radius 1 is 1.45 bits per heavy atom. The van der Waals surface area contributed by atoms with Gasteiger partial charge >= 0.3 is 0 Å². The Hall–Kier alpha value is -0.370. The van der Waals surface area contributed by atoms with Crippen LogP contribution < -0.4 is 0 Å². The zero-order valence-corrected chi connectivity index (χ0v) is 6.84. The van der Waals surface area contributed by atoms with Crippen LogP contribution in [-0.4, -0.2) is 17.0 Å². The fourth-order valence-electron chi connectivity index (χ4n) is 2.66. The van der Waals surface area contributed by atoms with Gasteiger partial charge < -0.3 is 5.11 Å². The van der Waals surface area contributed by atoms with Gasteiger partial charge in [0.05, 0.1) is 11.5 Å². The number of aliphatic hydroxyl groups excluding tert-OH is 1. The van der Waals surface area contributed by atoms with Crippen molar-refractivity contribution in [3.63, 3.8) is 0 Å². The molecule has 0 bridgehead atoms. The van der Waals surface area contributed by atoms with Crippen LogP contribution in [0, 0.1) is 11.3 Å². The van der Waals surface area contributed by atoms with Gasteiger partial charge in [0.25, 0.3) is 0 Å². The number of hydrogen-bond donors (Lipinski definition) is 1. The van der Waals surface area contributed by atoms with Crippen molar-refractivity contribution in [1.82, 2.24) is 0 Å². The van der Waals surface area contributed by atoms with E-state index in [2.05, 4.69) is 0 Å². The molecule has 62 valence electrons. The molecule has 0 radical (unpaired) electrons. The molecule has 0 heterocycles. The number of carbonyl (C=O) groups excluding carboxylic acids is 1. The molecule has 2 saturated carbocycles. The van der Waals surface area contributed by atoms with E-state index in [9.17, 15) is 9.90 Å². The van der Waals surface area contributed by atoms with Crippen LogP contribution in [0.3, 0.4) is 0 Å². The van der Waals surface area contributed by atoms with Crippen molar-refractivity contribution in [1.29, 1.82) is 0 Å². The third-order valence-electron chi connectivity index (χ3n) is 3.65. The minimum atomic E-state index is -0.361. The predicted molar refractivity (Wildman–Crippen MR) is 41.1 cm³/mol. The van der Waals surface area contributed by atoms with Gasteiger partial charge in [0, 0.05) is 6.42 Å². The summed E-state index contributed by atoms with van der Waals surface area (Å²) in [6, 6.07) is 0. The van der Waals surface area contributed by atoms with E-state index in [1.165, 1.54) is 0 Å². The van der Waals surface area contributed by atoms with Gasteiger partial charge in [0.2, 0.25) is 0 Å². The van der Waals surface area contributed by atoms with Gasteiger partial charge in [-0.1, -0.05) is 0 Å². The maximum absolute atomic E-state index is 11.4. The molecular weight excluding hydrogens is 140 g/mol. The lowest BCUT2D eigenvalue weighted by molar-refractivity contribution is -0.130. The van der Waals surface area contributed by atoms with Crippen LogP contribution in [0.4, 0.5) is 0 Å². The van der Waals surface area contributed by atoms with E-state index in [4.69, 9.17) is 0 Å². The monoisotopic (exact) mass is 154 g/mol. The number of carbonyl (C=O) groups is 1. The molecule has 11 heavy (non-hydrogen) atoms. The van der Waals surface area contributed by atoms with E-state index in [-0.39, 0.29) is 17.3 Å². The van der Waals surface area contributed by atoms with Gasteiger partial charge in [-0.3, -0.25) is 4.79 Å². The smallest absolute Gasteiger partial charge is 0.141 e. The quantitative estimate of drug-likeness (QED) is 0.568. The van der Waals surface area contributed by atoms with Crippen molar-refractivity contribution in [2.45, 2.75) is 38.7 Å². The number of aliphatic hydroxyl groups is 1. The van der Waals surface area contributed by atoms with E-state index in [0.717, 1.165) is 19.3 Å². The third kappa shape index (κ3) is 0.734. The number of Topliss-reactive ketones (excluding diaryl/α,β-unsaturated/α-hetero) is 1. The summed E-state index contributed by atoms with van der Waals surface area (Å²) in [6.07, 6.45) is 3.21. The molecule has 0 aromatic carbocycles. The normalized spacial score (nSPS) is 49.8. The van der Waals surface area contributed by atoms with Crippen molar-refractivity contribution in [2.75, 3.05) is 0 Å². The largest absolute Gasteiger partial charge is 0.392 e. The summed E-state index contributed by atoms with van der Waals surface area (Å²) in [7, 11) is 0. The molecule has 2 aliphatic carbocycles. The Labute approximate surface area is 66.6 Å². The Bertz CT molecular complexity index is 200. The Morgan fingerprint density at radius 2 is 2.18 bits per heavy atom. The highest BCUT2D eigenvalue weighted by Gasteiger charge is 2.54. The zero-order valence-electron chi connectivity index (χ0n) is 6.84. The summed E-state index contributed by atoms with van der Waals surface area (Å²) in [6.45, 7) is 1.94. The fraction of sp³-hybridized carbons (Fsp3) is 0.889. The van der Waals surface area contributed by atoms with Gasteiger partial charge in [0.15, 0.2) is 0 Å². The highest BCUT2D eigenvalue weighted by molar-refractivity contribution is 5.88. The molecular formula is C9H14O2. The van der Waals surface area contributed by atoms with E-state index >= 15 is 0 Å². The van der Waals surface area contributed by atoms with Gasteiger partial charge in [-0.15, -0.1) is 0 Å². The average Bonchev–Trinajstić information content (AvgIpc) is 2.40. The SMILES string of the molecule is C[C@@]12C(=O)CC[C@@H]1CC[C@@H]2O. The number of fused-ring (bicyclic) bond motifs is 1. The van der Waals surface area contributed by atoms with Crippen molar-refractivity contribution in [2.24, 2.45) is 11.3 Å². The molecule has 0 unspecified atom stereocenters. The van der Waals surface area contributed by atoms with Crippen molar-refractivity contribution in [3.05, 3.63) is 0 Å². The second-order valence-electron chi connectivity index (χ2n) is 4.03. The van der Waals surface area contributed by atoms with Crippen LogP contribution in [0.5, 0.6) is 0 Å². The van der Waals surface area contributed by atoms with Crippen molar-refractivity contribution >= 4 is 5.78 Å². The van der Waals surface area contributed by atoms with Crippen LogP contribution in [0.25, 0.3) is 0 Å². The van der Waals surface area contributed by atoms with Gasteiger partial charge in [-0.25, -0.2) is 0 Å². The first-order valence-corrected chi connectivity index (χ1v) is 4.37. The average molecular weight is 154 g/mol. The van der Waals surface area contributed by atoms with Gasteiger partial charge in [-0.2, -0.15) is 0 Å². The first-order chi connectivity index (χ1) is 5.15. The molecule has 3 atom stereocenters. The standard InChI is InChI=1S/C9H14O2/c1-9-6(2-4-7(9)10)3-5-8(9)11/h6-7,10H,2-5H2,1H3/t6-,7-,9+/m0/s1. The molecule has 0 aliphatic heterocycles. The second kappa shape index (κ2) is 2.07. The Balaban J connectivity index is 2.34. The van der Waals surface area contributed by atoms with Crippen LogP contribution in [0.2, 0.25) is 0 Å². The maximum atomic E-state index is 11.4. The lowest BCUT2D eigenvalue weighted by Crippen LogP contribution is -2.35. The first kappa shape index (κ1) is 7.29. The molecule has 1 N–H and O–H groups in total. The van der Waals surface area contributed by atoms with Gasteiger partial charge in [-0.05, 0) is 32.1 Å². The van der Waals surface area contributed by atoms with Crippen LogP contribution in [-0.2, 0) is 4.79 Å². The summed E-state index contributed by atoms with van der Waals surface area (Å²) in [5.41, 5.74) is -0.361. The zero-order chi connectivity index (χ0) is 8.06. The van der Waals surface area contributed by atoms with Crippen molar-refractivity contribution in [3.8, 4) is 0 Å². The summed E-state index contributed by atoms with van der Waals surface area (Å²) in [5, 5.41) is 9.61. The lowest BCUT2D eigenvalue weighted by Gasteiger charge is -2.25. The highest BCUT2D eigenvalue weighted by atomic mass is 16.3. The minimum absolute atomic E-state index is 0.285. The molecule has 2 heteroatoms. The molecule has 0 spiro atoms. The number of rotatable bonds is 0. The maximum Gasteiger partial charge on any atom is 0.141 e. The third-order valence-corrected chi connectivity index (χ3v) is 3.65. The molecule has 2 rings (SSSR count). The molecule has 0 aromatic rings. The second-order valence-corrected chi connectivity index (χ2v) is 4.03. The lowest BCUT2D eigenvalue weighted by atomic mass is 9.80. The highest BCUT2D eigenvalue weighted by Crippen LogP contribution is 2.51. The summed E-state index contributed by atoms with van der Waals surface area (Å²) in [5.74, 6) is 0.762. The minimum Gasteiger partial charge on any atom is -0.392 e. The molecule has 0 saturated heterocycles. The van der Waals surface area contributed by atoms with Gasteiger partial charge in [0.1, 0.15) is 5.78 Å². The molecule has 0 aromatic heterocycles. The number of hydrogen-bond acceptors (Lipinski definition) is 2. The van der Waals surface area contributed by atoms with Crippen LogP contribution >= 0.6 is 0 Å². The van der Waals surface area contributed by atoms with E-state index in [1.54, 1.807) is 0 Å². The summed E-state index contributed by atoms with van der Waals surface area (Å²) >= 11 is 0. The van der Waals surface area contributed by atoms with Crippen molar-refractivity contribution < 1.29 is 9.90 Å². The first-order valence-electron chi connectivity index (χ1n) is 4.37. The number of ketones is 1. The Kier molecular flexibility index (Phi) is 1.37. The van der Waals surface area contributed by atoms with Crippen LogP contribution in [0.1, 0.15) is 32.6 Å². The molecule has 2 nitrogen and oxygen atoms in total. The summed E-state index contributed by atoms with van der Waals surface area (Å²) in [4.78, 5) is 11.4. The molecule has 2 aliphatic rings. The summed E-state index contributed by atoms with van der Waals surface area (Å²) < 4.78 is 0.